The van der Waals surface area contributed by atoms with Crippen LogP contribution in [0, 0.1) is 35.2 Å². The van der Waals surface area contributed by atoms with Gasteiger partial charge in [-0.25, -0.2) is 5.57 Å². The van der Waals surface area contributed by atoms with Crippen molar-refractivity contribution < 1.29 is 49.0 Å². The molecule has 4 bridgehead atoms. The van der Waals surface area contributed by atoms with E-state index in [0.29, 0.717) is 11.3 Å². The van der Waals surface area contributed by atoms with E-state index in [1.807, 2.05) is 0 Å². The molecule has 0 amide bonds. The first-order valence-corrected chi connectivity index (χ1v) is 19.9. The van der Waals surface area contributed by atoms with Gasteiger partial charge in [0.05, 0.1) is 0 Å². The Balaban J connectivity index is 0.000000176. The van der Waals surface area contributed by atoms with Crippen molar-refractivity contribution in [2.24, 2.45) is 29.1 Å². The quantitative estimate of drug-likeness (QED) is 0.250. The van der Waals surface area contributed by atoms with Crippen LogP contribution >= 0.6 is 0 Å². The summed E-state index contributed by atoms with van der Waals surface area (Å²) in [6, 6.07) is 16.1. The number of benzene rings is 2. The summed E-state index contributed by atoms with van der Waals surface area (Å²) < 4.78 is 1.80. The van der Waals surface area contributed by atoms with E-state index in [-0.39, 0.29) is 35.6 Å². The van der Waals surface area contributed by atoms with Gasteiger partial charge < -0.3 is 24.8 Å². The topological polar surface area (TPSA) is 0 Å². The molecule has 5 fully saturated rings. The summed E-state index contributed by atoms with van der Waals surface area (Å²) in [6.07, 6.45) is 24.1. The summed E-state index contributed by atoms with van der Waals surface area (Å²) >= 11 is 1.69. The zero-order valence-corrected chi connectivity index (χ0v) is 35.1. The van der Waals surface area contributed by atoms with Crippen molar-refractivity contribution in [2.75, 3.05) is 0 Å². The molecule has 0 saturated heterocycles. The predicted octanol–water partition coefficient (Wildman–Crippen LogP) is 6.90. The number of fused-ring (bicyclic) bond motifs is 3. The molecule has 1 atom stereocenters. The SMILES string of the molecule is CC(C)(C)c1ccc2[cH-]c3ccc(C(C)(C)C)cc3c2c1.CC1=[C-]C(C)C=C1CC12CC3CC(CC(C3)C1)C2.[Cl-].[Cl-].[Zr+2]=[C]1CCCCC1. The van der Waals surface area contributed by atoms with E-state index >= 15 is 0 Å². The second-order valence-corrected chi connectivity index (χ2v) is 20.0. The molecule has 3 aromatic rings. The first kappa shape index (κ1) is 39.9. The van der Waals surface area contributed by atoms with E-state index in [0.717, 1.165) is 17.8 Å². The molecule has 6 aliphatic rings. The second-order valence-electron chi connectivity index (χ2n) is 18.3. The molecule has 0 aromatic heterocycles. The molecule has 0 aliphatic heterocycles. The van der Waals surface area contributed by atoms with Crippen LogP contribution in [-0.4, -0.2) is 3.21 Å². The molecule has 0 radical (unpaired) electrons. The van der Waals surface area contributed by atoms with E-state index < -0.39 is 0 Å². The molecule has 0 N–H and O–H groups in total. The molecule has 0 heterocycles. The fraction of sp³-hybridized carbons (Fsp3) is 0.600. The van der Waals surface area contributed by atoms with Crippen molar-refractivity contribution >= 4 is 24.8 Å². The Morgan fingerprint density at radius 3 is 1.56 bits per heavy atom. The minimum absolute atomic E-state index is 0. The molecule has 3 aromatic carbocycles. The Bertz CT molecular complexity index is 1520. The van der Waals surface area contributed by atoms with Gasteiger partial charge in [0.25, 0.3) is 0 Å². The van der Waals surface area contributed by atoms with Crippen LogP contribution in [0.25, 0.3) is 21.5 Å². The van der Waals surface area contributed by atoms with Crippen LogP contribution in [0.15, 0.2) is 59.7 Å². The molecule has 6 aliphatic carbocycles. The van der Waals surface area contributed by atoms with Crippen molar-refractivity contribution in [3.8, 4) is 0 Å². The molecular weight excluding hydrogens is 703 g/mol. The van der Waals surface area contributed by atoms with Gasteiger partial charge in [0.1, 0.15) is 0 Å². The first-order chi connectivity index (χ1) is 21.7. The summed E-state index contributed by atoms with van der Waals surface area (Å²) in [7, 11) is 0. The van der Waals surface area contributed by atoms with Gasteiger partial charge in [-0.2, -0.15) is 11.6 Å². The van der Waals surface area contributed by atoms with Gasteiger partial charge in [0.2, 0.25) is 0 Å². The van der Waals surface area contributed by atoms with Crippen molar-refractivity contribution in [3.63, 3.8) is 0 Å². The molecule has 260 valence electrons. The Morgan fingerprint density at radius 2 is 1.21 bits per heavy atom. The third kappa shape index (κ3) is 9.31. The molecule has 0 nitrogen and oxygen atoms in total. The second kappa shape index (κ2) is 15.8. The van der Waals surface area contributed by atoms with Crippen molar-refractivity contribution in [3.05, 3.63) is 76.9 Å². The number of hydrogen-bond acceptors (Lipinski definition) is 0. The normalized spacial score (nSPS) is 27.7. The van der Waals surface area contributed by atoms with Gasteiger partial charge in [-0.1, -0.05) is 103 Å². The summed E-state index contributed by atoms with van der Waals surface area (Å²) in [6.45, 7) is 18.2. The van der Waals surface area contributed by atoms with Crippen LogP contribution in [0.1, 0.15) is 144 Å². The number of allylic oxidation sites excluding steroid dienone is 4. The average Bonchev–Trinajstić information content (AvgIpc) is 3.49. The Morgan fingerprint density at radius 1 is 0.750 bits per heavy atom. The zero-order chi connectivity index (χ0) is 32.9. The van der Waals surface area contributed by atoms with E-state index in [2.05, 4.69) is 110 Å². The minimum atomic E-state index is 0. The maximum atomic E-state index is 3.57. The molecule has 0 spiro atoms. The molecule has 9 rings (SSSR count). The number of halogens is 2. The van der Waals surface area contributed by atoms with Gasteiger partial charge in [0.15, 0.2) is 0 Å². The molecule has 5 saturated carbocycles. The van der Waals surface area contributed by atoms with E-state index in [9.17, 15) is 0 Å². The Hall–Kier alpha value is -0.877. The number of rotatable bonds is 2. The van der Waals surface area contributed by atoms with Crippen LogP contribution in [0.2, 0.25) is 0 Å². The summed E-state index contributed by atoms with van der Waals surface area (Å²) in [4.78, 5) is 0. The zero-order valence-electron chi connectivity index (χ0n) is 31.2. The van der Waals surface area contributed by atoms with Gasteiger partial charge in [-0.3, -0.25) is 6.08 Å². The van der Waals surface area contributed by atoms with Crippen LogP contribution < -0.4 is 24.8 Å². The summed E-state index contributed by atoms with van der Waals surface area (Å²) in [5.74, 6) is 3.82. The molecule has 3 heteroatoms. The molecule has 48 heavy (non-hydrogen) atoms. The van der Waals surface area contributed by atoms with E-state index in [1.165, 1.54) is 76.8 Å². The predicted molar refractivity (Wildman–Crippen MR) is 197 cm³/mol. The standard InChI is InChI=1S/C21H25.C18H25.C6H10.2ClH.Zr/c1-20(2,3)16-9-7-14-11-15-8-10-17(21(4,5)6)13-19(15)18(14)12-16;1-12-3-13(2)17(4-12)11-18-8-14-5-15(9-18)7-16(6-14)10-18;1-2-4-6-5-3-1;;;/h7-13H,1-6H3;4,12,14-16H,5-11H2,1-2H3;1-5H2;2*1H;/q2*-1;;;;+2/p-2. The van der Waals surface area contributed by atoms with Crippen molar-refractivity contribution in [1.29, 1.82) is 0 Å². The first-order valence-electron chi connectivity index (χ1n) is 18.7. The van der Waals surface area contributed by atoms with E-state index in [1.54, 1.807) is 71.5 Å². The fourth-order valence-electron chi connectivity index (χ4n) is 9.91. The van der Waals surface area contributed by atoms with Gasteiger partial charge in [-0.15, -0.1) is 39.7 Å². The monoisotopic (exact) mass is 760 g/mol. The van der Waals surface area contributed by atoms with Crippen LogP contribution in [0.3, 0.4) is 0 Å². The van der Waals surface area contributed by atoms with Crippen LogP contribution in [-0.2, 0) is 35.1 Å². The van der Waals surface area contributed by atoms with Gasteiger partial charge in [0, 0.05) is 0 Å². The Kier molecular flexibility index (Phi) is 13.1. The Labute approximate surface area is 320 Å². The van der Waals surface area contributed by atoms with Crippen molar-refractivity contribution in [1.82, 2.24) is 0 Å². The third-order valence-electron chi connectivity index (χ3n) is 12.0. The van der Waals surface area contributed by atoms with Crippen molar-refractivity contribution in [2.45, 2.75) is 143 Å². The number of hydrogen-bond donors (Lipinski definition) is 0. The molecule has 1 unspecified atom stereocenters. The van der Waals surface area contributed by atoms with Crippen LogP contribution in [0.4, 0.5) is 0 Å². The third-order valence-corrected chi connectivity index (χ3v) is 13.2. The average molecular weight is 763 g/mol. The molecular formula is C45H60Cl2Zr-2. The van der Waals surface area contributed by atoms with Crippen LogP contribution in [0.5, 0.6) is 0 Å². The maximum absolute atomic E-state index is 3.57. The van der Waals surface area contributed by atoms with E-state index in [4.69, 9.17) is 0 Å². The summed E-state index contributed by atoms with van der Waals surface area (Å²) in [5, 5.41) is 5.49. The van der Waals surface area contributed by atoms with Gasteiger partial charge >= 0.3 is 59.5 Å². The van der Waals surface area contributed by atoms with Gasteiger partial charge in [-0.05, 0) is 72.5 Å². The fourth-order valence-corrected chi connectivity index (χ4v) is 10.8. The summed E-state index contributed by atoms with van der Waals surface area (Å²) in [5.41, 5.74) is 7.00.